The van der Waals surface area contributed by atoms with Crippen molar-refractivity contribution in [2.75, 3.05) is 20.8 Å². The molecule has 106 valence electrons. The Labute approximate surface area is 114 Å². The lowest BCUT2D eigenvalue weighted by atomic mass is 10.0. The highest BCUT2D eigenvalue weighted by molar-refractivity contribution is 5.97. The number of methoxy groups -OCH3 is 2. The predicted molar refractivity (Wildman–Crippen MR) is 74.7 cm³/mol. The van der Waals surface area contributed by atoms with Crippen LogP contribution in [0, 0.1) is 5.92 Å². The van der Waals surface area contributed by atoms with Gasteiger partial charge in [0.05, 0.1) is 19.8 Å². The highest BCUT2D eigenvalue weighted by Gasteiger charge is 2.18. The molecule has 0 heterocycles. The van der Waals surface area contributed by atoms with Gasteiger partial charge in [-0.2, -0.15) is 0 Å². The molecule has 0 saturated heterocycles. The predicted octanol–water partition coefficient (Wildman–Crippen LogP) is 1.42. The first-order valence-corrected chi connectivity index (χ1v) is 6.26. The Kier molecular flexibility index (Phi) is 5.63. The molecule has 0 aliphatic carbocycles. The summed E-state index contributed by atoms with van der Waals surface area (Å²) in [6.45, 7) is 4.45. The van der Waals surface area contributed by atoms with Crippen LogP contribution in [-0.2, 0) is 0 Å². The molecule has 3 N–H and O–H groups in total. The van der Waals surface area contributed by atoms with Crippen molar-refractivity contribution in [2.45, 2.75) is 19.9 Å². The quantitative estimate of drug-likeness (QED) is 0.816. The average molecular weight is 266 g/mol. The summed E-state index contributed by atoms with van der Waals surface area (Å²) < 4.78 is 10.3. The first-order chi connectivity index (χ1) is 9.03. The highest BCUT2D eigenvalue weighted by Crippen LogP contribution is 2.24. The van der Waals surface area contributed by atoms with Crippen LogP contribution in [0.5, 0.6) is 11.5 Å². The van der Waals surface area contributed by atoms with Crippen molar-refractivity contribution in [3.05, 3.63) is 23.8 Å². The van der Waals surface area contributed by atoms with E-state index in [0.717, 1.165) is 0 Å². The lowest BCUT2D eigenvalue weighted by molar-refractivity contribution is 0.0926. The summed E-state index contributed by atoms with van der Waals surface area (Å²) in [4.78, 5) is 12.2. The topological polar surface area (TPSA) is 73.6 Å². The summed E-state index contributed by atoms with van der Waals surface area (Å²) in [5.41, 5.74) is 6.05. The molecular weight excluding hydrogens is 244 g/mol. The van der Waals surface area contributed by atoms with Crippen LogP contribution in [0.2, 0.25) is 0 Å². The van der Waals surface area contributed by atoms with E-state index in [4.69, 9.17) is 15.2 Å². The summed E-state index contributed by atoms with van der Waals surface area (Å²) in [7, 11) is 3.09. The summed E-state index contributed by atoms with van der Waals surface area (Å²) >= 11 is 0. The van der Waals surface area contributed by atoms with E-state index >= 15 is 0 Å². The maximum Gasteiger partial charge on any atom is 0.255 e. The minimum atomic E-state index is -0.191. The second kappa shape index (κ2) is 6.99. The van der Waals surface area contributed by atoms with Crippen molar-refractivity contribution < 1.29 is 14.3 Å². The van der Waals surface area contributed by atoms with Crippen molar-refractivity contribution >= 4 is 5.91 Å². The Balaban J connectivity index is 2.91. The van der Waals surface area contributed by atoms with Crippen LogP contribution in [0.1, 0.15) is 24.2 Å². The number of carbonyl (C=O) groups is 1. The van der Waals surface area contributed by atoms with Crippen LogP contribution in [0.25, 0.3) is 0 Å². The molecule has 1 rings (SSSR count). The zero-order valence-electron chi connectivity index (χ0n) is 11.9. The number of carbonyl (C=O) groups excluding carboxylic acids is 1. The molecule has 0 fully saturated rings. The molecule has 1 amide bonds. The number of hydrogen-bond acceptors (Lipinski definition) is 4. The maximum absolute atomic E-state index is 12.2. The van der Waals surface area contributed by atoms with E-state index in [1.165, 1.54) is 7.11 Å². The Morgan fingerprint density at radius 1 is 1.32 bits per heavy atom. The fraction of sp³-hybridized carbons (Fsp3) is 0.500. The molecule has 5 nitrogen and oxygen atoms in total. The van der Waals surface area contributed by atoms with E-state index in [1.807, 2.05) is 13.8 Å². The van der Waals surface area contributed by atoms with Crippen molar-refractivity contribution in [1.82, 2.24) is 5.32 Å². The Bertz CT molecular complexity index is 435. The fourth-order valence-electron chi connectivity index (χ4n) is 1.62. The number of ether oxygens (including phenoxy) is 2. The molecule has 2 atom stereocenters. The van der Waals surface area contributed by atoms with E-state index in [1.54, 1.807) is 25.3 Å². The summed E-state index contributed by atoms with van der Waals surface area (Å²) in [5.74, 6) is 1.15. The standard InChI is InChI=1S/C14H22N2O3/c1-9(8-15)10(2)16-14(17)12-7-11(18-3)5-6-13(12)19-4/h5-7,9-10H,8,15H2,1-4H3,(H,16,17). The minimum absolute atomic E-state index is 0.00610. The molecule has 1 aromatic rings. The van der Waals surface area contributed by atoms with Gasteiger partial charge < -0.3 is 20.5 Å². The first kappa shape index (κ1) is 15.3. The average Bonchev–Trinajstić information content (AvgIpc) is 2.45. The third-order valence-corrected chi connectivity index (χ3v) is 3.24. The van der Waals surface area contributed by atoms with Crippen LogP contribution in [0.15, 0.2) is 18.2 Å². The normalized spacial score (nSPS) is 13.5. The van der Waals surface area contributed by atoms with Gasteiger partial charge in [0.25, 0.3) is 5.91 Å². The molecule has 2 unspecified atom stereocenters. The third-order valence-electron chi connectivity index (χ3n) is 3.24. The zero-order chi connectivity index (χ0) is 14.4. The SMILES string of the molecule is COc1ccc(OC)c(C(=O)NC(C)C(C)CN)c1. The third kappa shape index (κ3) is 3.86. The second-order valence-corrected chi connectivity index (χ2v) is 4.54. The van der Waals surface area contributed by atoms with E-state index in [2.05, 4.69) is 5.32 Å². The molecule has 0 aliphatic heterocycles. The largest absolute Gasteiger partial charge is 0.497 e. The molecule has 19 heavy (non-hydrogen) atoms. The summed E-state index contributed by atoms with van der Waals surface area (Å²) in [5, 5.41) is 2.92. The molecule has 0 saturated carbocycles. The monoisotopic (exact) mass is 266 g/mol. The van der Waals surface area contributed by atoms with E-state index < -0.39 is 0 Å². The smallest absolute Gasteiger partial charge is 0.255 e. The molecule has 5 heteroatoms. The van der Waals surface area contributed by atoms with Crippen LogP contribution < -0.4 is 20.5 Å². The van der Waals surface area contributed by atoms with Gasteiger partial charge in [0.2, 0.25) is 0 Å². The number of nitrogens with two attached hydrogens (primary N) is 1. The van der Waals surface area contributed by atoms with Crippen molar-refractivity contribution in [3.8, 4) is 11.5 Å². The van der Waals surface area contributed by atoms with Gasteiger partial charge in [-0.15, -0.1) is 0 Å². The van der Waals surface area contributed by atoms with Gasteiger partial charge in [-0.1, -0.05) is 6.92 Å². The Morgan fingerprint density at radius 3 is 2.53 bits per heavy atom. The number of hydrogen-bond donors (Lipinski definition) is 2. The molecule has 0 spiro atoms. The van der Waals surface area contributed by atoms with E-state index in [0.29, 0.717) is 23.6 Å². The van der Waals surface area contributed by atoms with Crippen LogP contribution in [-0.4, -0.2) is 32.7 Å². The zero-order valence-corrected chi connectivity index (χ0v) is 11.9. The van der Waals surface area contributed by atoms with Crippen LogP contribution >= 0.6 is 0 Å². The number of rotatable bonds is 6. The molecule has 0 aliphatic rings. The van der Waals surface area contributed by atoms with E-state index in [-0.39, 0.29) is 17.9 Å². The van der Waals surface area contributed by atoms with Gasteiger partial charge in [-0.05, 0) is 37.6 Å². The van der Waals surface area contributed by atoms with Crippen molar-refractivity contribution in [3.63, 3.8) is 0 Å². The maximum atomic E-state index is 12.2. The number of nitrogens with one attached hydrogen (secondary N) is 1. The van der Waals surface area contributed by atoms with Crippen molar-refractivity contribution in [2.24, 2.45) is 11.7 Å². The Morgan fingerprint density at radius 2 is 2.00 bits per heavy atom. The fourth-order valence-corrected chi connectivity index (χ4v) is 1.62. The molecular formula is C14H22N2O3. The van der Waals surface area contributed by atoms with Crippen LogP contribution in [0.4, 0.5) is 0 Å². The van der Waals surface area contributed by atoms with Gasteiger partial charge in [0, 0.05) is 6.04 Å². The van der Waals surface area contributed by atoms with Gasteiger partial charge in [-0.3, -0.25) is 4.79 Å². The van der Waals surface area contributed by atoms with Gasteiger partial charge in [0.15, 0.2) is 0 Å². The summed E-state index contributed by atoms with van der Waals surface area (Å²) in [6, 6.07) is 5.12. The molecule has 0 radical (unpaired) electrons. The number of amides is 1. The lowest BCUT2D eigenvalue weighted by Crippen LogP contribution is -2.39. The van der Waals surface area contributed by atoms with Crippen LogP contribution in [0.3, 0.4) is 0 Å². The molecule has 0 aromatic heterocycles. The first-order valence-electron chi connectivity index (χ1n) is 6.26. The lowest BCUT2D eigenvalue weighted by Gasteiger charge is -2.20. The van der Waals surface area contributed by atoms with Gasteiger partial charge in [-0.25, -0.2) is 0 Å². The van der Waals surface area contributed by atoms with Gasteiger partial charge >= 0.3 is 0 Å². The molecule has 0 bridgehead atoms. The Hall–Kier alpha value is -1.75. The van der Waals surface area contributed by atoms with Gasteiger partial charge in [0.1, 0.15) is 11.5 Å². The second-order valence-electron chi connectivity index (χ2n) is 4.54. The minimum Gasteiger partial charge on any atom is -0.497 e. The molecule has 1 aromatic carbocycles. The number of benzene rings is 1. The van der Waals surface area contributed by atoms with Crippen molar-refractivity contribution in [1.29, 1.82) is 0 Å². The summed E-state index contributed by atoms with van der Waals surface area (Å²) in [6.07, 6.45) is 0. The van der Waals surface area contributed by atoms with E-state index in [9.17, 15) is 4.79 Å². The highest BCUT2D eigenvalue weighted by atomic mass is 16.5.